The van der Waals surface area contributed by atoms with Gasteiger partial charge in [0.05, 0.1) is 6.10 Å². The molecule has 0 saturated heterocycles. The van der Waals surface area contributed by atoms with Gasteiger partial charge in [-0.15, -0.1) is 0 Å². The standard InChI is InChI=1S/C28H45ClO2/c1-18(16-26(29)31)6-5-7-19(2)23-10-11-24-22-9-8-20-17-21(30)12-14-27(20,3)25(22)13-15-28(23,24)4/h8,18-19,21-25,30H,5-7,9-17H2,1-4H3/t18?,19-,21+,22+,23-,24+,25+,27+,28-/m1/s1. The van der Waals surface area contributed by atoms with Crippen LogP contribution in [0, 0.1) is 46.3 Å². The number of allylic oxidation sites excluding steroid dienone is 1. The molecule has 4 rings (SSSR count). The molecule has 0 aromatic carbocycles. The van der Waals surface area contributed by atoms with Crippen LogP contribution in [0.2, 0.25) is 0 Å². The molecule has 0 amide bonds. The van der Waals surface area contributed by atoms with Crippen LogP contribution in [0.25, 0.3) is 0 Å². The maximum Gasteiger partial charge on any atom is 0.221 e. The second-order valence-corrected chi connectivity index (χ2v) is 12.9. The summed E-state index contributed by atoms with van der Waals surface area (Å²) in [5, 5.41) is 10.0. The summed E-state index contributed by atoms with van der Waals surface area (Å²) in [6, 6.07) is 0. The molecule has 31 heavy (non-hydrogen) atoms. The molecule has 0 heterocycles. The largest absolute Gasteiger partial charge is 0.393 e. The van der Waals surface area contributed by atoms with Crippen LogP contribution < -0.4 is 0 Å². The second-order valence-electron chi connectivity index (χ2n) is 12.5. The van der Waals surface area contributed by atoms with E-state index in [1.54, 1.807) is 5.57 Å². The van der Waals surface area contributed by atoms with Crippen LogP contribution in [0.5, 0.6) is 0 Å². The molecule has 4 aliphatic rings. The highest BCUT2D eigenvalue weighted by molar-refractivity contribution is 6.63. The van der Waals surface area contributed by atoms with Gasteiger partial charge in [0.15, 0.2) is 0 Å². The zero-order valence-corrected chi connectivity index (χ0v) is 21.1. The number of rotatable bonds is 7. The Morgan fingerprint density at radius 1 is 1.13 bits per heavy atom. The zero-order valence-electron chi connectivity index (χ0n) is 20.3. The summed E-state index contributed by atoms with van der Waals surface area (Å²) >= 11 is 5.57. The van der Waals surface area contributed by atoms with E-state index in [9.17, 15) is 9.90 Å². The molecule has 0 aliphatic heterocycles. The lowest BCUT2D eigenvalue weighted by molar-refractivity contribution is -0.112. The zero-order chi connectivity index (χ0) is 22.4. The van der Waals surface area contributed by atoms with Gasteiger partial charge >= 0.3 is 0 Å². The third-order valence-corrected chi connectivity index (χ3v) is 10.9. The van der Waals surface area contributed by atoms with Crippen molar-refractivity contribution in [1.29, 1.82) is 0 Å². The van der Waals surface area contributed by atoms with Crippen LogP contribution >= 0.6 is 11.6 Å². The number of aliphatic hydroxyl groups excluding tert-OH is 1. The molecule has 1 N–H and O–H groups in total. The molecule has 9 atom stereocenters. The van der Waals surface area contributed by atoms with Crippen molar-refractivity contribution in [2.24, 2.45) is 46.3 Å². The van der Waals surface area contributed by atoms with Crippen molar-refractivity contribution in [3.63, 3.8) is 0 Å². The van der Waals surface area contributed by atoms with Gasteiger partial charge in [-0.2, -0.15) is 0 Å². The summed E-state index contributed by atoms with van der Waals surface area (Å²) in [6.07, 6.45) is 16.6. The maximum absolute atomic E-state index is 11.2. The van der Waals surface area contributed by atoms with Crippen molar-refractivity contribution in [2.75, 3.05) is 0 Å². The fourth-order valence-electron chi connectivity index (χ4n) is 8.98. The quantitative estimate of drug-likeness (QED) is 0.323. The van der Waals surface area contributed by atoms with Crippen molar-refractivity contribution in [3.8, 4) is 0 Å². The Morgan fingerprint density at radius 2 is 1.90 bits per heavy atom. The minimum Gasteiger partial charge on any atom is -0.393 e. The Kier molecular flexibility index (Phi) is 7.01. The van der Waals surface area contributed by atoms with Crippen molar-refractivity contribution in [3.05, 3.63) is 11.6 Å². The van der Waals surface area contributed by atoms with Crippen molar-refractivity contribution in [2.45, 2.75) is 111 Å². The van der Waals surface area contributed by atoms with E-state index >= 15 is 0 Å². The molecule has 0 spiro atoms. The number of fused-ring (bicyclic) bond motifs is 5. The highest BCUT2D eigenvalue weighted by Gasteiger charge is 2.59. The van der Waals surface area contributed by atoms with Gasteiger partial charge in [-0.1, -0.05) is 58.6 Å². The fourth-order valence-corrected chi connectivity index (χ4v) is 9.25. The minimum atomic E-state index is -0.186. The average molecular weight is 449 g/mol. The molecule has 0 radical (unpaired) electrons. The molecular formula is C28H45ClO2. The predicted octanol–water partition coefficient (Wildman–Crippen LogP) is 7.52. The number of hydrogen-bond acceptors (Lipinski definition) is 2. The molecule has 0 aromatic rings. The third kappa shape index (κ3) is 4.42. The van der Waals surface area contributed by atoms with Crippen LogP contribution in [0.15, 0.2) is 11.6 Å². The summed E-state index contributed by atoms with van der Waals surface area (Å²) in [6.45, 7) is 9.84. The van der Waals surface area contributed by atoms with Gasteiger partial charge in [0, 0.05) is 6.42 Å². The number of halogens is 1. The Morgan fingerprint density at radius 3 is 2.65 bits per heavy atom. The highest BCUT2D eigenvalue weighted by Crippen LogP contribution is 2.67. The first-order valence-corrected chi connectivity index (χ1v) is 13.6. The molecular weight excluding hydrogens is 404 g/mol. The first-order valence-electron chi connectivity index (χ1n) is 13.2. The van der Waals surface area contributed by atoms with Gasteiger partial charge in [-0.3, -0.25) is 4.79 Å². The van der Waals surface area contributed by atoms with E-state index < -0.39 is 0 Å². The monoisotopic (exact) mass is 448 g/mol. The van der Waals surface area contributed by atoms with Gasteiger partial charge in [0.2, 0.25) is 5.24 Å². The van der Waals surface area contributed by atoms with E-state index in [0.717, 1.165) is 48.9 Å². The smallest absolute Gasteiger partial charge is 0.221 e. The molecule has 1 unspecified atom stereocenters. The summed E-state index contributed by atoms with van der Waals surface area (Å²) in [7, 11) is 0. The lowest BCUT2D eigenvalue weighted by atomic mass is 9.47. The van der Waals surface area contributed by atoms with Gasteiger partial charge in [-0.25, -0.2) is 0 Å². The van der Waals surface area contributed by atoms with E-state index in [2.05, 4.69) is 33.8 Å². The first kappa shape index (κ1) is 23.8. The van der Waals surface area contributed by atoms with E-state index in [4.69, 9.17) is 11.6 Å². The summed E-state index contributed by atoms with van der Waals surface area (Å²) in [4.78, 5) is 11.2. The van der Waals surface area contributed by atoms with Crippen LogP contribution in [0.3, 0.4) is 0 Å². The Labute approximate surface area is 195 Å². The number of aliphatic hydroxyl groups is 1. The van der Waals surface area contributed by atoms with Crippen LogP contribution in [0.1, 0.15) is 105 Å². The summed E-state index contributed by atoms with van der Waals surface area (Å²) in [5.41, 5.74) is 2.45. The van der Waals surface area contributed by atoms with E-state index in [-0.39, 0.29) is 11.3 Å². The minimum absolute atomic E-state index is 0.105. The molecule has 0 aromatic heterocycles. The molecule has 3 heteroatoms. The molecule has 4 aliphatic carbocycles. The van der Waals surface area contributed by atoms with Crippen LogP contribution in [-0.4, -0.2) is 16.5 Å². The predicted molar refractivity (Wildman–Crippen MR) is 129 cm³/mol. The van der Waals surface area contributed by atoms with Crippen LogP contribution in [-0.2, 0) is 4.79 Å². The topological polar surface area (TPSA) is 37.3 Å². The number of carbonyl (C=O) groups excluding carboxylic acids is 1. The average Bonchev–Trinajstić information content (AvgIpc) is 3.05. The van der Waals surface area contributed by atoms with Gasteiger partial charge in [-0.05, 0) is 109 Å². The molecule has 176 valence electrons. The summed E-state index contributed by atoms with van der Waals surface area (Å²) in [5.74, 6) is 4.62. The van der Waals surface area contributed by atoms with E-state index in [1.807, 2.05) is 0 Å². The second kappa shape index (κ2) is 9.13. The Bertz CT molecular complexity index is 701. The highest BCUT2D eigenvalue weighted by atomic mass is 35.5. The normalized spacial score (nSPS) is 43.9. The Hall–Kier alpha value is -0.340. The number of carbonyl (C=O) groups is 1. The van der Waals surface area contributed by atoms with Gasteiger partial charge in [0.25, 0.3) is 0 Å². The summed E-state index contributed by atoms with van der Waals surface area (Å²) < 4.78 is 0. The SMILES string of the molecule is CC(CCC[C@@H](C)[C@H]1CC[C@H]2[C@@H]3CC=C4C[C@@H](O)CC[C@]4(C)[C@H]3CC[C@]12C)CC(=O)Cl. The molecule has 3 saturated carbocycles. The van der Waals surface area contributed by atoms with Gasteiger partial charge < -0.3 is 5.11 Å². The van der Waals surface area contributed by atoms with E-state index in [0.29, 0.717) is 23.2 Å². The first-order chi connectivity index (χ1) is 14.6. The van der Waals surface area contributed by atoms with Crippen molar-refractivity contribution >= 4 is 16.8 Å². The lowest BCUT2D eigenvalue weighted by Crippen LogP contribution is -2.50. The van der Waals surface area contributed by atoms with Crippen molar-refractivity contribution < 1.29 is 9.90 Å². The third-order valence-electron chi connectivity index (χ3n) is 10.7. The number of hydrogen-bond donors (Lipinski definition) is 1. The Balaban J connectivity index is 1.41. The van der Waals surface area contributed by atoms with Crippen molar-refractivity contribution in [1.82, 2.24) is 0 Å². The fraction of sp³-hybridized carbons (Fsp3) is 0.893. The maximum atomic E-state index is 11.2. The molecule has 2 nitrogen and oxygen atoms in total. The van der Waals surface area contributed by atoms with Gasteiger partial charge in [0.1, 0.15) is 0 Å². The lowest BCUT2D eigenvalue weighted by Gasteiger charge is -2.58. The van der Waals surface area contributed by atoms with Crippen LogP contribution in [0.4, 0.5) is 0 Å². The van der Waals surface area contributed by atoms with E-state index in [1.165, 1.54) is 51.4 Å². The molecule has 0 bridgehead atoms. The molecule has 3 fully saturated rings.